The molecule has 102 valence electrons. The Kier molecular flexibility index (Phi) is 2.50. The van der Waals surface area contributed by atoms with Crippen LogP contribution in [0.2, 0.25) is 0 Å². The predicted octanol–water partition coefficient (Wildman–Crippen LogP) is 3.52. The number of ketones is 1. The van der Waals surface area contributed by atoms with Gasteiger partial charge in [0, 0.05) is 17.0 Å². The van der Waals surface area contributed by atoms with Gasteiger partial charge in [-0.2, -0.15) is 0 Å². The van der Waals surface area contributed by atoms with E-state index in [1.54, 1.807) is 6.07 Å². The second-order valence-corrected chi connectivity index (χ2v) is 5.49. The van der Waals surface area contributed by atoms with Crippen LogP contribution in [0.15, 0.2) is 72.9 Å². The molecule has 0 spiro atoms. The molecule has 0 fully saturated rings. The van der Waals surface area contributed by atoms with Crippen LogP contribution in [0, 0.1) is 5.92 Å². The molecular weight excluding hydrogens is 260 g/mol. The average Bonchev–Trinajstić information content (AvgIpc) is 2.73. The Bertz CT molecular complexity index is 821. The number of hydrogen-bond donors (Lipinski definition) is 1. The van der Waals surface area contributed by atoms with Gasteiger partial charge in [-0.05, 0) is 10.8 Å². The minimum atomic E-state index is -1.51. The molecule has 2 nitrogen and oxygen atoms in total. The van der Waals surface area contributed by atoms with Gasteiger partial charge in [-0.15, -0.1) is 0 Å². The third-order valence-electron chi connectivity index (χ3n) is 4.36. The molecule has 0 radical (unpaired) electrons. The summed E-state index contributed by atoms with van der Waals surface area (Å²) in [6, 6.07) is 11.4. The summed E-state index contributed by atoms with van der Waals surface area (Å²) >= 11 is 0. The summed E-state index contributed by atoms with van der Waals surface area (Å²) in [7, 11) is 0. The normalized spacial score (nSPS) is 24.0. The van der Waals surface area contributed by atoms with Crippen molar-refractivity contribution in [3.05, 3.63) is 84.0 Å². The molecule has 0 amide bonds. The molecule has 0 saturated heterocycles. The van der Waals surface area contributed by atoms with Gasteiger partial charge in [0.15, 0.2) is 5.60 Å². The Labute approximate surface area is 122 Å². The van der Waals surface area contributed by atoms with Gasteiger partial charge in [0.25, 0.3) is 0 Å². The maximum atomic E-state index is 12.9. The van der Waals surface area contributed by atoms with E-state index < -0.39 is 5.60 Å². The van der Waals surface area contributed by atoms with E-state index in [0.29, 0.717) is 11.1 Å². The first kappa shape index (κ1) is 12.3. The topological polar surface area (TPSA) is 37.3 Å². The molecule has 2 aromatic rings. The van der Waals surface area contributed by atoms with Gasteiger partial charge in [-0.3, -0.25) is 4.79 Å². The maximum absolute atomic E-state index is 12.9. The molecule has 1 atom stereocenters. The second-order valence-electron chi connectivity index (χ2n) is 5.49. The van der Waals surface area contributed by atoms with E-state index in [4.69, 9.17) is 0 Å². The van der Waals surface area contributed by atoms with E-state index in [1.165, 1.54) is 0 Å². The summed E-state index contributed by atoms with van der Waals surface area (Å²) in [5.41, 5.74) is -0.186. The highest BCUT2D eigenvalue weighted by Gasteiger charge is 2.49. The van der Waals surface area contributed by atoms with Crippen molar-refractivity contribution in [1.82, 2.24) is 0 Å². The van der Waals surface area contributed by atoms with Crippen LogP contribution in [0.4, 0.5) is 0 Å². The first-order valence-corrected chi connectivity index (χ1v) is 7.04. The number of rotatable bonds is 1. The lowest BCUT2D eigenvalue weighted by Gasteiger charge is -2.28. The van der Waals surface area contributed by atoms with Crippen LogP contribution in [0.3, 0.4) is 0 Å². The quantitative estimate of drug-likeness (QED) is 0.864. The van der Waals surface area contributed by atoms with E-state index >= 15 is 0 Å². The van der Waals surface area contributed by atoms with Gasteiger partial charge in [-0.1, -0.05) is 72.9 Å². The van der Waals surface area contributed by atoms with Crippen LogP contribution in [0.5, 0.6) is 0 Å². The Balaban J connectivity index is 2.01. The van der Waals surface area contributed by atoms with Crippen molar-refractivity contribution in [2.24, 2.45) is 5.92 Å². The first-order chi connectivity index (χ1) is 10.2. The molecule has 1 N–H and O–H groups in total. The predicted molar refractivity (Wildman–Crippen MR) is 83.1 cm³/mol. The summed E-state index contributed by atoms with van der Waals surface area (Å²) in [5.74, 6) is -0.575. The lowest BCUT2D eigenvalue weighted by Crippen LogP contribution is -2.38. The minimum Gasteiger partial charge on any atom is -0.376 e. The lowest BCUT2D eigenvalue weighted by molar-refractivity contribution is 0.0196. The molecule has 2 aromatic carbocycles. The number of allylic oxidation sites excluding steroid dienone is 4. The molecule has 0 saturated carbocycles. The summed E-state index contributed by atoms with van der Waals surface area (Å²) in [5, 5.41) is 13.1. The lowest BCUT2D eigenvalue weighted by atomic mass is 9.80. The van der Waals surface area contributed by atoms with Gasteiger partial charge in [0.05, 0.1) is 0 Å². The number of benzene rings is 2. The molecule has 21 heavy (non-hydrogen) atoms. The summed E-state index contributed by atoms with van der Waals surface area (Å²) in [6.07, 6.45) is 11.3. The largest absolute Gasteiger partial charge is 0.376 e. The van der Waals surface area contributed by atoms with Crippen molar-refractivity contribution in [1.29, 1.82) is 0 Å². The maximum Gasteiger partial charge on any atom is 0.200 e. The van der Waals surface area contributed by atoms with E-state index in [1.807, 2.05) is 66.8 Å². The molecule has 0 bridgehead atoms. The van der Waals surface area contributed by atoms with Crippen molar-refractivity contribution in [3.63, 3.8) is 0 Å². The fraction of sp³-hybridized carbons (Fsp3) is 0.105. The Morgan fingerprint density at radius 3 is 2.29 bits per heavy atom. The fourth-order valence-corrected chi connectivity index (χ4v) is 3.35. The second kappa shape index (κ2) is 4.27. The van der Waals surface area contributed by atoms with Crippen molar-refractivity contribution in [2.45, 2.75) is 5.60 Å². The molecular formula is C19H14O2. The zero-order valence-corrected chi connectivity index (χ0v) is 11.4. The van der Waals surface area contributed by atoms with Crippen molar-refractivity contribution in [3.8, 4) is 0 Å². The van der Waals surface area contributed by atoms with Gasteiger partial charge >= 0.3 is 0 Å². The highest BCUT2D eigenvalue weighted by atomic mass is 16.3. The van der Waals surface area contributed by atoms with E-state index in [0.717, 1.165) is 10.8 Å². The fourth-order valence-electron chi connectivity index (χ4n) is 3.35. The molecule has 0 heterocycles. The summed E-state index contributed by atoms with van der Waals surface area (Å²) in [6.45, 7) is 0. The monoisotopic (exact) mass is 274 g/mol. The van der Waals surface area contributed by atoms with Crippen molar-refractivity contribution < 1.29 is 9.90 Å². The number of Topliss-reactive ketones (excluding diaryl/α,β-unsaturated/α-hetero) is 1. The van der Waals surface area contributed by atoms with E-state index in [-0.39, 0.29) is 11.7 Å². The molecule has 4 rings (SSSR count). The molecule has 2 heteroatoms. The Morgan fingerprint density at radius 1 is 0.905 bits per heavy atom. The Morgan fingerprint density at radius 2 is 1.57 bits per heavy atom. The van der Waals surface area contributed by atoms with Crippen LogP contribution in [0.25, 0.3) is 10.8 Å². The van der Waals surface area contributed by atoms with Gasteiger partial charge in [0.1, 0.15) is 0 Å². The molecule has 2 aliphatic rings. The van der Waals surface area contributed by atoms with E-state index in [2.05, 4.69) is 0 Å². The highest BCUT2D eigenvalue weighted by molar-refractivity contribution is 6.19. The number of carbonyl (C=O) groups excluding carboxylic acids is 1. The van der Waals surface area contributed by atoms with Crippen LogP contribution in [-0.4, -0.2) is 10.9 Å². The molecule has 2 aliphatic carbocycles. The van der Waals surface area contributed by atoms with E-state index in [9.17, 15) is 9.90 Å². The van der Waals surface area contributed by atoms with Crippen LogP contribution >= 0.6 is 0 Å². The van der Waals surface area contributed by atoms with Gasteiger partial charge in [-0.25, -0.2) is 0 Å². The SMILES string of the molecule is O=C1c2cccc3cccc(c23)C1(O)C1C=CC=CC=C1. The van der Waals surface area contributed by atoms with Gasteiger partial charge < -0.3 is 5.11 Å². The molecule has 1 unspecified atom stereocenters. The highest BCUT2D eigenvalue weighted by Crippen LogP contribution is 2.46. The zero-order chi connectivity index (χ0) is 14.4. The standard InChI is InChI=1S/C19H14O2/c20-18-15-11-5-7-13-8-6-12-16(17(13)15)19(18,21)14-9-3-1-2-4-10-14/h1-12,14,21H. The third kappa shape index (κ3) is 1.54. The van der Waals surface area contributed by atoms with Crippen molar-refractivity contribution in [2.75, 3.05) is 0 Å². The van der Waals surface area contributed by atoms with Gasteiger partial charge in [0.2, 0.25) is 5.78 Å². The number of carbonyl (C=O) groups is 1. The molecule has 0 aliphatic heterocycles. The first-order valence-electron chi connectivity index (χ1n) is 7.04. The average molecular weight is 274 g/mol. The smallest absolute Gasteiger partial charge is 0.200 e. The minimum absolute atomic E-state index is 0.212. The van der Waals surface area contributed by atoms with Crippen molar-refractivity contribution >= 4 is 16.6 Å². The van der Waals surface area contributed by atoms with Crippen LogP contribution in [-0.2, 0) is 5.60 Å². The third-order valence-corrected chi connectivity index (χ3v) is 4.36. The molecule has 0 aromatic heterocycles. The summed E-state index contributed by atoms with van der Waals surface area (Å²) in [4.78, 5) is 12.9. The summed E-state index contributed by atoms with van der Waals surface area (Å²) < 4.78 is 0. The Hall–Kier alpha value is -2.45. The number of hydrogen-bond acceptors (Lipinski definition) is 2. The zero-order valence-electron chi connectivity index (χ0n) is 11.4. The number of aliphatic hydroxyl groups is 1. The van der Waals surface area contributed by atoms with Crippen LogP contribution < -0.4 is 0 Å². The van der Waals surface area contributed by atoms with Crippen LogP contribution in [0.1, 0.15) is 15.9 Å².